The second-order valence-corrected chi connectivity index (χ2v) is 7.99. The fourth-order valence-corrected chi connectivity index (χ4v) is 3.37. The minimum atomic E-state index is -0.569. The number of aryl methyl sites for hydroxylation is 1. The number of carbonyl (C=O) groups is 1. The molecule has 30 heavy (non-hydrogen) atoms. The van der Waals surface area contributed by atoms with Crippen LogP contribution in [0.3, 0.4) is 0 Å². The molecule has 0 atom stereocenters. The van der Waals surface area contributed by atoms with Gasteiger partial charge in [-0.2, -0.15) is 5.10 Å². The van der Waals surface area contributed by atoms with Crippen LogP contribution in [0.4, 0.5) is 10.1 Å². The van der Waals surface area contributed by atoms with E-state index in [9.17, 15) is 9.18 Å². The van der Waals surface area contributed by atoms with Crippen LogP contribution in [0.2, 0.25) is 5.02 Å². The van der Waals surface area contributed by atoms with E-state index < -0.39 is 11.7 Å². The molecule has 0 bridgehead atoms. The second kappa shape index (κ2) is 7.94. The Bertz CT molecular complexity index is 1150. The van der Waals surface area contributed by atoms with Gasteiger partial charge in [-0.1, -0.05) is 41.6 Å². The summed E-state index contributed by atoms with van der Waals surface area (Å²) in [6, 6.07) is 12.5. The van der Waals surface area contributed by atoms with Gasteiger partial charge in [-0.3, -0.25) is 9.48 Å². The van der Waals surface area contributed by atoms with Crippen LogP contribution in [0.15, 0.2) is 48.7 Å². The zero-order valence-electron chi connectivity index (χ0n) is 16.4. The molecule has 0 spiro atoms. The van der Waals surface area contributed by atoms with E-state index in [0.717, 1.165) is 18.4 Å². The summed E-state index contributed by atoms with van der Waals surface area (Å²) in [6.45, 7) is 2.10. The number of nitrogens with one attached hydrogen (secondary N) is 1. The summed E-state index contributed by atoms with van der Waals surface area (Å²) in [4.78, 5) is 12.8. The van der Waals surface area contributed by atoms with Crippen molar-refractivity contribution in [2.24, 2.45) is 5.73 Å². The number of anilines is 1. The van der Waals surface area contributed by atoms with Crippen molar-refractivity contribution in [1.29, 1.82) is 0 Å². The largest absolute Gasteiger partial charge is 0.324 e. The Balaban J connectivity index is 1.56. The van der Waals surface area contributed by atoms with Crippen LogP contribution < -0.4 is 11.1 Å². The average Bonchev–Trinajstić information content (AvgIpc) is 3.33. The van der Waals surface area contributed by atoms with Crippen molar-refractivity contribution in [1.82, 2.24) is 9.78 Å². The lowest BCUT2D eigenvalue weighted by atomic mass is 10.1. The van der Waals surface area contributed by atoms with Crippen LogP contribution in [0.1, 0.15) is 40.0 Å². The summed E-state index contributed by atoms with van der Waals surface area (Å²) in [5.74, 6) is 4.84. The zero-order valence-corrected chi connectivity index (χ0v) is 17.1. The first-order valence-electron chi connectivity index (χ1n) is 9.53. The number of aromatic nitrogens is 2. The highest BCUT2D eigenvalue weighted by Gasteiger charge is 2.40. The fourth-order valence-electron chi connectivity index (χ4n) is 3.14. The molecule has 0 saturated heterocycles. The second-order valence-electron chi connectivity index (χ2n) is 7.58. The molecule has 0 radical (unpaired) electrons. The highest BCUT2D eigenvalue weighted by atomic mass is 35.5. The third-order valence-corrected chi connectivity index (χ3v) is 5.29. The van der Waals surface area contributed by atoms with Crippen LogP contribution >= 0.6 is 11.6 Å². The van der Waals surface area contributed by atoms with E-state index in [1.807, 2.05) is 30.3 Å². The van der Waals surface area contributed by atoms with E-state index in [-0.39, 0.29) is 21.9 Å². The van der Waals surface area contributed by atoms with Crippen molar-refractivity contribution in [2.75, 3.05) is 5.32 Å². The first-order valence-corrected chi connectivity index (χ1v) is 9.91. The van der Waals surface area contributed by atoms with Crippen LogP contribution in [-0.4, -0.2) is 21.2 Å². The van der Waals surface area contributed by atoms with E-state index in [4.69, 9.17) is 17.3 Å². The molecule has 4 rings (SSSR count). The molecule has 1 amide bonds. The van der Waals surface area contributed by atoms with Gasteiger partial charge in [-0.25, -0.2) is 4.39 Å². The summed E-state index contributed by atoms with van der Waals surface area (Å²) in [5, 5.41) is 6.96. The van der Waals surface area contributed by atoms with Gasteiger partial charge >= 0.3 is 0 Å². The van der Waals surface area contributed by atoms with Gasteiger partial charge in [0.05, 0.1) is 23.5 Å². The number of hydrogen-bond acceptors (Lipinski definition) is 3. The molecule has 3 aromatic rings. The van der Waals surface area contributed by atoms with E-state index >= 15 is 0 Å². The smallest absolute Gasteiger partial charge is 0.275 e. The van der Waals surface area contributed by atoms with Crippen LogP contribution in [0, 0.1) is 24.6 Å². The monoisotopic (exact) mass is 422 g/mol. The lowest BCUT2D eigenvalue weighted by molar-refractivity contribution is 0.101. The molecule has 1 aliphatic rings. The van der Waals surface area contributed by atoms with Gasteiger partial charge in [-0.05, 0) is 49.6 Å². The SMILES string of the molecule is Cc1cc(C#Cc2ccccc2)cc(F)c1NC(=O)c1c(Cl)cnn1CC1(N)CC1. The molecule has 152 valence electrons. The molecule has 1 aromatic heterocycles. The Morgan fingerprint density at radius 3 is 2.63 bits per heavy atom. The van der Waals surface area contributed by atoms with Gasteiger partial charge in [-0.15, -0.1) is 0 Å². The molecule has 1 heterocycles. The molecular weight excluding hydrogens is 403 g/mol. The molecule has 2 aromatic carbocycles. The number of nitrogens with two attached hydrogens (primary N) is 1. The molecule has 1 saturated carbocycles. The maximum absolute atomic E-state index is 14.8. The van der Waals surface area contributed by atoms with Gasteiger partial charge in [0.15, 0.2) is 0 Å². The number of rotatable bonds is 4. The molecule has 3 N–H and O–H groups in total. The number of halogens is 2. The van der Waals surface area contributed by atoms with Crippen molar-refractivity contribution in [3.8, 4) is 11.8 Å². The first kappa shape index (κ1) is 20.1. The summed E-state index contributed by atoms with van der Waals surface area (Å²) in [7, 11) is 0. The molecular formula is C23H20ClFN4O. The lowest BCUT2D eigenvalue weighted by Crippen LogP contribution is -2.31. The first-order chi connectivity index (χ1) is 14.3. The van der Waals surface area contributed by atoms with E-state index in [2.05, 4.69) is 22.3 Å². The van der Waals surface area contributed by atoms with Crippen molar-refractivity contribution >= 4 is 23.2 Å². The van der Waals surface area contributed by atoms with Crippen molar-refractivity contribution in [3.05, 3.63) is 81.9 Å². The lowest BCUT2D eigenvalue weighted by Gasteiger charge is -2.14. The highest BCUT2D eigenvalue weighted by molar-refractivity contribution is 6.34. The fraction of sp³-hybridized carbons (Fsp3) is 0.217. The molecule has 7 heteroatoms. The van der Waals surface area contributed by atoms with Crippen LogP contribution in [0.5, 0.6) is 0 Å². The molecule has 1 aliphatic carbocycles. The number of benzene rings is 2. The molecule has 0 unspecified atom stereocenters. The van der Waals surface area contributed by atoms with E-state index in [1.165, 1.54) is 16.9 Å². The molecule has 1 fully saturated rings. The van der Waals surface area contributed by atoms with Crippen molar-refractivity contribution in [3.63, 3.8) is 0 Å². The topological polar surface area (TPSA) is 72.9 Å². The van der Waals surface area contributed by atoms with Crippen LogP contribution in [0.25, 0.3) is 0 Å². The Morgan fingerprint density at radius 2 is 1.97 bits per heavy atom. The minimum absolute atomic E-state index is 0.0861. The highest BCUT2D eigenvalue weighted by Crippen LogP contribution is 2.34. The van der Waals surface area contributed by atoms with Gasteiger partial charge in [0.25, 0.3) is 5.91 Å². The normalized spacial score (nSPS) is 14.0. The maximum atomic E-state index is 14.8. The Hall–Kier alpha value is -3.14. The van der Waals surface area contributed by atoms with E-state index in [0.29, 0.717) is 17.7 Å². The Labute approximate surface area is 179 Å². The third kappa shape index (κ3) is 4.38. The summed E-state index contributed by atoms with van der Waals surface area (Å²) in [6.07, 6.45) is 3.13. The number of amides is 1. The van der Waals surface area contributed by atoms with E-state index in [1.54, 1.807) is 13.0 Å². The summed E-state index contributed by atoms with van der Waals surface area (Å²) in [5.41, 5.74) is 7.95. The summed E-state index contributed by atoms with van der Waals surface area (Å²) < 4.78 is 16.2. The van der Waals surface area contributed by atoms with Gasteiger partial charge in [0.1, 0.15) is 11.5 Å². The Morgan fingerprint density at radius 1 is 1.27 bits per heavy atom. The standard InChI is InChI=1S/C23H20ClFN4O/c1-15-11-17(8-7-16-5-3-2-4-6-16)12-19(25)20(15)28-22(30)21-18(24)13-27-29(21)14-23(26)9-10-23/h2-6,11-13H,9-10,14,26H2,1H3,(H,28,30). The van der Waals surface area contributed by atoms with Crippen molar-refractivity contribution < 1.29 is 9.18 Å². The molecule has 5 nitrogen and oxygen atoms in total. The zero-order chi connectivity index (χ0) is 21.3. The number of nitrogens with zero attached hydrogens (tertiary/aromatic N) is 2. The van der Waals surface area contributed by atoms with Gasteiger partial charge in [0.2, 0.25) is 0 Å². The predicted octanol–water partition coefficient (Wildman–Crippen LogP) is 4.13. The van der Waals surface area contributed by atoms with Gasteiger partial charge < -0.3 is 11.1 Å². The number of hydrogen-bond donors (Lipinski definition) is 2. The number of carbonyl (C=O) groups excluding carboxylic acids is 1. The summed E-state index contributed by atoms with van der Waals surface area (Å²) >= 11 is 6.16. The molecule has 0 aliphatic heterocycles. The quantitative estimate of drug-likeness (QED) is 0.621. The van der Waals surface area contributed by atoms with Gasteiger partial charge in [0, 0.05) is 16.7 Å². The van der Waals surface area contributed by atoms with Crippen molar-refractivity contribution in [2.45, 2.75) is 31.8 Å². The maximum Gasteiger partial charge on any atom is 0.275 e. The average molecular weight is 423 g/mol. The van der Waals surface area contributed by atoms with Crippen LogP contribution in [-0.2, 0) is 6.54 Å². The Kier molecular flexibility index (Phi) is 5.33. The predicted molar refractivity (Wildman–Crippen MR) is 115 cm³/mol. The third-order valence-electron chi connectivity index (χ3n) is 5.02. The minimum Gasteiger partial charge on any atom is -0.324 e.